The Hall–Kier alpha value is -3.48. The molecule has 31 heavy (non-hydrogen) atoms. The first-order valence-electron chi connectivity index (χ1n) is 10.2. The summed E-state index contributed by atoms with van der Waals surface area (Å²) >= 11 is 0. The van der Waals surface area contributed by atoms with Crippen molar-refractivity contribution in [3.05, 3.63) is 71.1 Å². The Morgan fingerprint density at radius 1 is 1.23 bits per heavy atom. The molecule has 3 heterocycles. The molecule has 0 aliphatic rings. The molecule has 0 unspecified atom stereocenters. The van der Waals surface area contributed by atoms with Gasteiger partial charge in [-0.3, -0.25) is 4.79 Å². The van der Waals surface area contributed by atoms with Gasteiger partial charge in [-0.05, 0) is 45.9 Å². The number of fused-ring (bicyclic) bond motifs is 1. The summed E-state index contributed by atoms with van der Waals surface area (Å²) in [5, 5.41) is 5.13. The fourth-order valence-corrected chi connectivity index (χ4v) is 3.76. The average Bonchev–Trinajstić information content (AvgIpc) is 3.30. The zero-order valence-corrected chi connectivity index (χ0v) is 18.3. The largest absolute Gasteiger partial charge is 0.466 e. The van der Waals surface area contributed by atoms with Crippen LogP contribution < -0.4 is 0 Å². The third-order valence-corrected chi connectivity index (χ3v) is 5.32. The number of benzene rings is 1. The zero-order chi connectivity index (χ0) is 22.3. The normalized spacial score (nSPS) is 11.5. The number of pyridine rings is 1. The highest BCUT2D eigenvalue weighted by Gasteiger charge is 2.22. The molecule has 4 aromatic rings. The molecular formula is C24H25FN4O2. The molecule has 4 rings (SSSR count). The van der Waals surface area contributed by atoms with Crippen molar-refractivity contribution in [1.82, 2.24) is 19.7 Å². The van der Waals surface area contributed by atoms with Crippen LogP contribution >= 0.6 is 0 Å². The standard InChI is InChI=1S/C24H25FN4O2/c1-14(2)29-23-20(12-26-29)19(11-22(27-23)18-10-15(3)31-16(18)4)24(30)28(5)13-17-8-6-7-9-21(17)25/h6-12,14H,13H2,1-5H3. The number of halogens is 1. The van der Waals surface area contributed by atoms with E-state index in [4.69, 9.17) is 9.40 Å². The van der Waals surface area contributed by atoms with E-state index < -0.39 is 0 Å². The third-order valence-electron chi connectivity index (χ3n) is 5.32. The lowest BCUT2D eigenvalue weighted by atomic mass is 10.1. The quantitative estimate of drug-likeness (QED) is 0.439. The van der Waals surface area contributed by atoms with Crippen LogP contribution in [0.15, 0.2) is 47.0 Å². The smallest absolute Gasteiger partial charge is 0.254 e. The van der Waals surface area contributed by atoms with Gasteiger partial charge in [-0.15, -0.1) is 0 Å². The highest BCUT2D eigenvalue weighted by molar-refractivity contribution is 6.06. The molecule has 7 heteroatoms. The van der Waals surface area contributed by atoms with Crippen LogP contribution in [0.25, 0.3) is 22.3 Å². The maximum atomic E-state index is 14.1. The number of hydrogen-bond donors (Lipinski definition) is 0. The Morgan fingerprint density at radius 3 is 2.61 bits per heavy atom. The fourth-order valence-electron chi connectivity index (χ4n) is 3.76. The van der Waals surface area contributed by atoms with Crippen LogP contribution in [0.3, 0.4) is 0 Å². The fraction of sp³-hybridized carbons (Fsp3) is 0.292. The Kier molecular flexibility index (Phi) is 5.35. The number of carbonyl (C=O) groups excluding carboxylic acids is 1. The van der Waals surface area contributed by atoms with Crippen LogP contribution in [0.2, 0.25) is 0 Å². The Balaban J connectivity index is 1.83. The van der Waals surface area contributed by atoms with E-state index in [1.807, 2.05) is 33.8 Å². The molecule has 0 spiro atoms. The molecule has 0 N–H and O–H groups in total. The number of furan rings is 1. The van der Waals surface area contributed by atoms with Crippen molar-refractivity contribution in [1.29, 1.82) is 0 Å². The summed E-state index contributed by atoms with van der Waals surface area (Å²) in [5.74, 6) is 0.951. The minimum Gasteiger partial charge on any atom is -0.466 e. The Labute approximate surface area is 180 Å². The van der Waals surface area contributed by atoms with Crippen molar-refractivity contribution in [3.8, 4) is 11.3 Å². The second-order valence-electron chi connectivity index (χ2n) is 8.05. The van der Waals surface area contributed by atoms with Gasteiger partial charge < -0.3 is 9.32 Å². The van der Waals surface area contributed by atoms with Gasteiger partial charge in [0.15, 0.2) is 5.65 Å². The molecular weight excluding hydrogens is 395 g/mol. The SMILES string of the molecule is Cc1cc(-c2cc(C(=O)N(C)Cc3ccccc3F)c3cnn(C(C)C)c3n2)c(C)o1. The van der Waals surface area contributed by atoms with Gasteiger partial charge in [0.05, 0.1) is 22.8 Å². The van der Waals surface area contributed by atoms with Gasteiger partial charge in [-0.2, -0.15) is 5.10 Å². The molecule has 0 radical (unpaired) electrons. The van der Waals surface area contributed by atoms with Gasteiger partial charge >= 0.3 is 0 Å². The molecule has 0 atom stereocenters. The first-order chi connectivity index (χ1) is 14.8. The number of amides is 1. The topological polar surface area (TPSA) is 64.2 Å². The lowest BCUT2D eigenvalue weighted by Crippen LogP contribution is -2.27. The molecule has 3 aromatic heterocycles. The second kappa shape index (κ2) is 7.98. The summed E-state index contributed by atoms with van der Waals surface area (Å²) in [6.45, 7) is 7.94. The van der Waals surface area contributed by atoms with Crippen molar-refractivity contribution < 1.29 is 13.6 Å². The van der Waals surface area contributed by atoms with Crippen molar-refractivity contribution in [2.45, 2.75) is 40.3 Å². The summed E-state index contributed by atoms with van der Waals surface area (Å²) in [6, 6.07) is 10.2. The van der Waals surface area contributed by atoms with Gasteiger partial charge in [0, 0.05) is 30.8 Å². The molecule has 1 amide bonds. The number of nitrogens with zero attached hydrogens (tertiary/aromatic N) is 4. The number of aryl methyl sites for hydroxylation is 2. The molecule has 6 nitrogen and oxygen atoms in total. The van der Waals surface area contributed by atoms with E-state index in [-0.39, 0.29) is 24.3 Å². The monoisotopic (exact) mass is 420 g/mol. The van der Waals surface area contributed by atoms with Crippen molar-refractivity contribution >= 4 is 16.9 Å². The van der Waals surface area contributed by atoms with Crippen LogP contribution in [-0.2, 0) is 6.54 Å². The number of carbonyl (C=O) groups is 1. The minimum absolute atomic E-state index is 0.0755. The van der Waals surface area contributed by atoms with Crippen LogP contribution in [0.4, 0.5) is 4.39 Å². The molecule has 0 fully saturated rings. The van der Waals surface area contributed by atoms with Gasteiger partial charge in [0.2, 0.25) is 0 Å². The van der Waals surface area contributed by atoms with E-state index >= 15 is 0 Å². The van der Waals surface area contributed by atoms with Crippen molar-refractivity contribution in [3.63, 3.8) is 0 Å². The summed E-state index contributed by atoms with van der Waals surface area (Å²) in [4.78, 5) is 19.8. The predicted octanol–water partition coefficient (Wildman–Crippen LogP) is 5.30. The Bertz CT molecular complexity index is 1270. The van der Waals surface area contributed by atoms with E-state index in [2.05, 4.69) is 5.10 Å². The second-order valence-corrected chi connectivity index (χ2v) is 8.05. The van der Waals surface area contributed by atoms with E-state index in [1.54, 1.807) is 42.2 Å². The molecule has 0 saturated heterocycles. The lowest BCUT2D eigenvalue weighted by Gasteiger charge is -2.19. The van der Waals surface area contributed by atoms with Crippen LogP contribution in [-0.4, -0.2) is 32.6 Å². The van der Waals surface area contributed by atoms with E-state index in [1.165, 1.54) is 11.0 Å². The predicted molar refractivity (Wildman–Crippen MR) is 117 cm³/mol. The molecule has 0 aliphatic heterocycles. The zero-order valence-electron chi connectivity index (χ0n) is 18.3. The molecule has 0 bridgehead atoms. The Morgan fingerprint density at radius 2 is 1.97 bits per heavy atom. The summed E-state index contributed by atoms with van der Waals surface area (Å²) < 4.78 is 21.6. The summed E-state index contributed by atoms with van der Waals surface area (Å²) in [7, 11) is 1.67. The van der Waals surface area contributed by atoms with Gasteiger partial charge in [-0.1, -0.05) is 18.2 Å². The molecule has 0 saturated carbocycles. The van der Waals surface area contributed by atoms with Crippen LogP contribution in [0, 0.1) is 19.7 Å². The maximum absolute atomic E-state index is 14.1. The first kappa shape index (κ1) is 20.8. The highest BCUT2D eigenvalue weighted by atomic mass is 19.1. The van der Waals surface area contributed by atoms with Crippen LogP contribution in [0.5, 0.6) is 0 Å². The number of hydrogen-bond acceptors (Lipinski definition) is 4. The number of rotatable bonds is 5. The molecule has 0 aliphatic carbocycles. The molecule has 1 aromatic carbocycles. The average molecular weight is 420 g/mol. The lowest BCUT2D eigenvalue weighted by molar-refractivity contribution is 0.0785. The third kappa shape index (κ3) is 3.83. The summed E-state index contributed by atoms with van der Waals surface area (Å²) in [6.07, 6.45) is 1.67. The summed E-state index contributed by atoms with van der Waals surface area (Å²) in [5.41, 5.74) is 3.05. The highest BCUT2D eigenvalue weighted by Crippen LogP contribution is 2.30. The van der Waals surface area contributed by atoms with Crippen molar-refractivity contribution in [2.24, 2.45) is 0 Å². The van der Waals surface area contributed by atoms with Gasteiger partial charge in [0.25, 0.3) is 5.91 Å². The maximum Gasteiger partial charge on any atom is 0.254 e. The van der Waals surface area contributed by atoms with Crippen LogP contribution in [0.1, 0.15) is 47.3 Å². The molecule has 160 valence electrons. The van der Waals surface area contributed by atoms with Gasteiger partial charge in [0.1, 0.15) is 17.3 Å². The van der Waals surface area contributed by atoms with E-state index in [0.29, 0.717) is 27.9 Å². The first-order valence-corrected chi connectivity index (χ1v) is 10.2. The van der Waals surface area contributed by atoms with E-state index in [0.717, 1.165) is 17.1 Å². The minimum atomic E-state index is -0.333. The van der Waals surface area contributed by atoms with E-state index in [9.17, 15) is 9.18 Å². The van der Waals surface area contributed by atoms with Gasteiger partial charge in [-0.25, -0.2) is 14.1 Å². The number of aromatic nitrogens is 3. The van der Waals surface area contributed by atoms with Crippen molar-refractivity contribution in [2.75, 3.05) is 7.05 Å².